The summed E-state index contributed by atoms with van der Waals surface area (Å²) in [6, 6.07) is 7.38. The fourth-order valence-corrected chi connectivity index (χ4v) is 1.74. The standard InChI is InChI=1S/C11H6N2O2/c14-10-7-5-12-8-4-2-1-3-6(8)9(7)13-11(10)15/h1-5H,(H,13,14,15). The van der Waals surface area contributed by atoms with Gasteiger partial charge in [-0.25, -0.2) is 0 Å². The number of pyridine rings is 1. The first-order valence-electron chi connectivity index (χ1n) is 4.51. The van der Waals surface area contributed by atoms with Gasteiger partial charge in [-0.05, 0) is 6.07 Å². The van der Waals surface area contributed by atoms with Crippen molar-refractivity contribution in [2.45, 2.75) is 0 Å². The molecule has 72 valence electrons. The number of amides is 1. The molecule has 0 spiro atoms. The molecule has 0 saturated carbocycles. The molecule has 0 bridgehead atoms. The van der Waals surface area contributed by atoms with E-state index in [9.17, 15) is 9.59 Å². The summed E-state index contributed by atoms with van der Waals surface area (Å²) in [5.41, 5.74) is 1.71. The summed E-state index contributed by atoms with van der Waals surface area (Å²) in [7, 11) is 0. The minimum absolute atomic E-state index is 0.360. The first-order valence-corrected chi connectivity index (χ1v) is 4.51. The Balaban J connectivity index is 2.43. The Morgan fingerprint density at radius 3 is 2.80 bits per heavy atom. The lowest BCUT2D eigenvalue weighted by Gasteiger charge is -2.01. The number of aromatic nitrogens is 1. The minimum atomic E-state index is -0.580. The zero-order chi connectivity index (χ0) is 10.4. The molecule has 2 heterocycles. The molecule has 1 aromatic heterocycles. The lowest BCUT2D eigenvalue weighted by Crippen LogP contribution is -2.12. The summed E-state index contributed by atoms with van der Waals surface area (Å²) in [5.74, 6) is -1.09. The van der Waals surface area contributed by atoms with Gasteiger partial charge in [0, 0.05) is 11.6 Å². The smallest absolute Gasteiger partial charge is 0.296 e. The van der Waals surface area contributed by atoms with Gasteiger partial charge in [0.05, 0.1) is 16.8 Å². The minimum Gasteiger partial charge on any atom is -0.318 e. The number of nitrogens with one attached hydrogen (secondary N) is 1. The zero-order valence-corrected chi connectivity index (χ0v) is 7.65. The van der Waals surface area contributed by atoms with Gasteiger partial charge in [-0.2, -0.15) is 0 Å². The molecule has 2 aromatic rings. The highest BCUT2D eigenvalue weighted by Crippen LogP contribution is 2.29. The average Bonchev–Trinajstić information content (AvgIpc) is 2.56. The first-order chi connectivity index (χ1) is 7.27. The van der Waals surface area contributed by atoms with E-state index in [-0.39, 0.29) is 0 Å². The maximum Gasteiger partial charge on any atom is 0.296 e. The summed E-state index contributed by atoms with van der Waals surface area (Å²) in [5, 5.41) is 3.36. The van der Waals surface area contributed by atoms with Gasteiger partial charge in [0.2, 0.25) is 0 Å². The van der Waals surface area contributed by atoms with Gasteiger partial charge >= 0.3 is 0 Å². The highest BCUT2D eigenvalue weighted by atomic mass is 16.2. The molecule has 0 saturated heterocycles. The quantitative estimate of drug-likeness (QED) is 0.650. The van der Waals surface area contributed by atoms with E-state index in [2.05, 4.69) is 10.3 Å². The number of ketones is 1. The van der Waals surface area contributed by atoms with Crippen molar-refractivity contribution in [3.8, 4) is 0 Å². The van der Waals surface area contributed by atoms with E-state index in [4.69, 9.17) is 0 Å². The first kappa shape index (κ1) is 8.11. The molecular formula is C11H6N2O2. The molecule has 15 heavy (non-hydrogen) atoms. The van der Waals surface area contributed by atoms with Gasteiger partial charge in [-0.15, -0.1) is 0 Å². The van der Waals surface area contributed by atoms with E-state index >= 15 is 0 Å². The van der Waals surface area contributed by atoms with Crippen LogP contribution in [0.5, 0.6) is 0 Å². The summed E-state index contributed by atoms with van der Waals surface area (Å²) in [4.78, 5) is 26.7. The molecule has 0 fully saturated rings. The zero-order valence-electron chi connectivity index (χ0n) is 7.65. The van der Waals surface area contributed by atoms with E-state index in [0.717, 1.165) is 10.9 Å². The van der Waals surface area contributed by atoms with Gasteiger partial charge < -0.3 is 5.32 Å². The maximum atomic E-state index is 11.4. The number of para-hydroxylation sites is 1. The van der Waals surface area contributed by atoms with Gasteiger partial charge in [-0.3, -0.25) is 14.6 Å². The molecule has 0 atom stereocenters. The lowest BCUT2D eigenvalue weighted by atomic mass is 10.1. The second-order valence-electron chi connectivity index (χ2n) is 3.35. The number of Topliss-reactive ketones (excluding diaryl/α,β-unsaturated/α-hetero) is 1. The molecule has 1 N–H and O–H groups in total. The van der Waals surface area contributed by atoms with Crippen LogP contribution in [0.15, 0.2) is 30.5 Å². The van der Waals surface area contributed by atoms with Crippen LogP contribution in [0.1, 0.15) is 10.4 Å². The molecule has 0 unspecified atom stereocenters. The molecule has 4 nitrogen and oxygen atoms in total. The van der Waals surface area contributed by atoms with Crippen LogP contribution in [-0.4, -0.2) is 16.7 Å². The lowest BCUT2D eigenvalue weighted by molar-refractivity contribution is -0.112. The number of fused-ring (bicyclic) bond motifs is 3. The molecule has 4 heteroatoms. The molecule has 1 aliphatic rings. The van der Waals surface area contributed by atoms with Crippen molar-refractivity contribution < 1.29 is 9.59 Å². The van der Waals surface area contributed by atoms with Crippen LogP contribution in [0, 0.1) is 0 Å². The van der Waals surface area contributed by atoms with E-state index in [1.54, 1.807) is 0 Å². The molecule has 0 radical (unpaired) electrons. The van der Waals surface area contributed by atoms with Crippen LogP contribution in [0.25, 0.3) is 10.9 Å². The topological polar surface area (TPSA) is 59.1 Å². The van der Waals surface area contributed by atoms with Crippen molar-refractivity contribution in [2.24, 2.45) is 0 Å². The van der Waals surface area contributed by atoms with Crippen molar-refractivity contribution in [2.75, 3.05) is 5.32 Å². The second kappa shape index (κ2) is 2.63. The highest BCUT2D eigenvalue weighted by Gasteiger charge is 2.29. The van der Waals surface area contributed by atoms with Crippen molar-refractivity contribution >= 4 is 28.3 Å². The Morgan fingerprint density at radius 2 is 1.93 bits per heavy atom. The second-order valence-corrected chi connectivity index (χ2v) is 3.35. The maximum absolute atomic E-state index is 11.4. The number of hydrogen-bond acceptors (Lipinski definition) is 3. The van der Waals surface area contributed by atoms with Crippen LogP contribution in [0.4, 0.5) is 5.69 Å². The Bertz CT molecular complexity index is 605. The molecule has 3 rings (SSSR count). The third-order valence-electron chi connectivity index (χ3n) is 2.46. The fourth-order valence-electron chi connectivity index (χ4n) is 1.74. The Kier molecular flexibility index (Phi) is 1.42. The van der Waals surface area contributed by atoms with E-state index in [1.807, 2.05) is 24.3 Å². The van der Waals surface area contributed by atoms with Gasteiger partial charge in [0.15, 0.2) is 0 Å². The van der Waals surface area contributed by atoms with E-state index < -0.39 is 11.7 Å². The SMILES string of the molecule is O=C1Nc2c(cnc3ccccc23)C1=O. The number of anilines is 1. The molecule has 1 aromatic carbocycles. The fraction of sp³-hybridized carbons (Fsp3) is 0. The predicted molar refractivity (Wildman–Crippen MR) is 54.7 cm³/mol. The number of hydrogen-bond donors (Lipinski definition) is 1. The molecule has 1 amide bonds. The van der Waals surface area contributed by atoms with Crippen LogP contribution in [0.3, 0.4) is 0 Å². The highest BCUT2D eigenvalue weighted by molar-refractivity contribution is 6.52. The summed E-state index contributed by atoms with van der Waals surface area (Å²) in [6.45, 7) is 0. The number of nitrogens with zero attached hydrogens (tertiary/aromatic N) is 1. The van der Waals surface area contributed by atoms with E-state index in [0.29, 0.717) is 11.3 Å². The molecule has 0 aliphatic carbocycles. The van der Waals surface area contributed by atoms with Crippen molar-refractivity contribution in [1.29, 1.82) is 0 Å². The largest absolute Gasteiger partial charge is 0.318 e. The van der Waals surface area contributed by atoms with Gasteiger partial charge in [0.25, 0.3) is 11.7 Å². The molecular weight excluding hydrogens is 192 g/mol. The summed E-state index contributed by atoms with van der Waals surface area (Å²) in [6.07, 6.45) is 1.44. The van der Waals surface area contributed by atoms with Crippen LogP contribution in [0.2, 0.25) is 0 Å². The third kappa shape index (κ3) is 0.985. The van der Waals surface area contributed by atoms with Gasteiger partial charge in [0.1, 0.15) is 0 Å². The van der Waals surface area contributed by atoms with Crippen LogP contribution in [-0.2, 0) is 4.79 Å². The average molecular weight is 198 g/mol. The number of benzene rings is 1. The number of carbonyl (C=O) groups excluding carboxylic acids is 2. The predicted octanol–water partition coefficient (Wildman–Crippen LogP) is 1.37. The Morgan fingerprint density at radius 1 is 1.13 bits per heavy atom. The number of rotatable bonds is 0. The Labute approximate surface area is 84.9 Å². The normalized spacial score (nSPS) is 14.1. The summed E-state index contributed by atoms with van der Waals surface area (Å²) < 4.78 is 0. The van der Waals surface area contributed by atoms with Crippen molar-refractivity contribution in [3.05, 3.63) is 36.0 Å². The third-order valence-corrected chi connectivity index (χ3v) is 2.46. The monoisotopic (exact) mass is 198 g/mol. The summed E-state index contributed by atoms with van der Waals surface area (Å²) >= 11 is 0. The van der Waals surface area contributed by atoms with Gasteiger partial charge in [-0.1, -0.05) is 18.2 Å². The van der Waals surface area contributed by atoms with Crippen molar-refractivity contribution in [1.82, 2.24) is 4.98 Å². The van der Waals surface area contributed by atoms with Crippen LogP contribution < -0.4 is 5.32 Å². The van der Waals surface area contributed by atoms with Crippen LogP contribution >= 0.6 is 0 Å². The Hall–Kier alpha value is -2.23. The number of carbonyl (C=O) groups is 2. The van der Waals surface area contributed by atoms with Crippen molar-refractivity contribution in [3.63, 3.8) is 0 Å². The van der Waals surface area contributed by atoms with E-state index in [1.165, 1.54) is 6.20 Å². The molecule has 1 aliphatic heterocycles.